The van der Waals surface area contributed by atoms with Gasteiger partial charge < -0.3 is 10.6 Å². The second-order valence-corrected chi connectivity index (χ2v) is 5.50. The van der Waals surface area contributed by atoms with E-state index in [9.17, 15) is 18.4 Å². The largest absolute Gasteiger partial charge is 0.322 e. The molecule has 0 heterocycles. The summed E-state index contributed by atoms with van der Waals surface area (Å²) in [6.45, 7) is 0. The van der Waals surface area contributed by atoms with Crippen LogP contribution in [0.15, 0.2) is 72.8 Å². The van der Waals surface area contributed by atoms with Gasteiger partial charge in [0.15, 0.2) is 0 Å². The van der Waals surface area contributed by atoms with Crippen LogP contribution in [0.1, 0.15) is 20.7 Å². The van der Waals surface area contributed by atoms with Gasteiger partial charge in [-0.1, -0.05) is 6.07 Å². The molecule has 0 aromatic heterocycles. The Morgan fingerprint density at radius 2 is 1.15 bits per heavy atom. The quantitative estimate of drug-likeness (QED) is 0.728. The molecule has 26 heavy (non-hydrogen) atoms. The van der Waals surface area contributed by atoms with Crippen LogP contribution in [0.3, 0.4) is 0 Å². The van der Waals surface area contributed by atoms with Crippen molar-refractivity contribution in [3.8, 4) is 0 Å². The summed E-state index contributed by atoms with van der Waals surface area (Å²) in [6.07, 6.45) is 0. The molecule has 0 radical (unpaired) electrons. The minimum Gasteiger partial charge on any atom is -0.322 e. The number of carbonyl (C=O) groups excluding carboxylic acids is 2. The van der Waals surface area contributed by atoms with E-state index in [1.807, 2.05) is 0 Å². The van der Waals surface area contributed by atoms with E-state index >= 15 is 0 Å². The Hall–Kier alpha value is -3.54. The molecular weight excluding hydrogens is 338 g/mol. The first-order chi connectivity index (χ1) is 12.5. The molecule has 3 rings (SSSR count). The van der Waals surface area contributed by atoms with Crippen molar-refractivity contribution >= 4 is 23.2 Å². The number of anilines is 2. The van der Waals surface area contributed by atoms with Crippen LogP contribution in [0, 0.1) is 11.6 Å². The van der Waals surface area contributed by atoms with Crippen LogP contribution in [0.2, 0.25) is 0 Å². The Balaban J connectivity index is 1.71. The van der Waals surface area contributed by atoms with Gasteiger partial charge in [-0.3, -0.25) is 9.59 Å². The van der Waals surface area contributed by atoms with Crippen molar-refractivity contribution in [2.24, 2.45) is 0 Å². The number of nitrogens with one attached hydrogen (secondary N) is 2. The Morgan fingerprint density at radius 3 is 1.81 bits per heavy atom. The highest BCUT2D eigenvalue weighted by Crippen LogP contribution is 2.15. The van der Waals surface area contributed by atoms with Gasteiger partial charge in [0.2, 0.25) is 0 Å². The molecule has 2 N–H and O–H groups in total. The Kier molecular flexibility index (Phi) is 5.03. The number of amides is 2. The standard InChI is InChI=1S/C20H14F2N2O2/c21-15-6-4-13(5-7-15)19(25)24-18-3-1-2-14(12-18)20(26)23-17-10-8-16(22)9-11-17/h1-12H,(H,23,26)(H,24,25). The highest BCUT2D eigenvalue weighted by molar-refractivity contribution is 6.07. The normalized spacial score (nSPS) is 10.2. The number of hydrogen-bond donors (Lipinski definition) is 2. The summed E-state index contributed by atoms with van der Waals surface area (Å²) in [5.74, 6) is -1.63. The summed E-state index contributed by atoms with van der Waals surface area (Å²) in [4.78, 5) is 24.4. The summed E-state index contributed by atoms with van der Waals surface area (Å²) in [7, 11) is 0. The molecule has 0 unspecified atom stereocenters. The van der Waals surface area contributed by atoms with E-state index in [2.05, 4.69) is 10.6 Å². The summed E-state index contributed by atoms with van der Waals surface area (Å²) in [6, 6.07) is 16.9. The van der Waals surface area contributed by atoms with Crippen molar-refractivity contribution in [2.45, 2.75) is 0 Å². The van der Waals surface area contributed by atoms with Gasteiger partial charge in [-0.2, -0.15) is 0 Å². The summed E-state index contributed by atoms with van der Waals surface area (Å²) in [5.41, 5.74) is 1.50. The van der Waals surface area contributed by atoms with Gasteiger partial charge in [0.1, 0.15) is 11.6 Å². The molecule has 0 saturated heterocycles. The molecule has 0 aliphatic carbocycles. The number of benzene rings is 3. The third-order valence-corrected chi connectivity index (χ3v) is 3.59. The van der Waals surface area contributed by atoms with E-state index in [4.69, 9.17) is 0 Å². The van der Waals surface area contributed by atoms with E-state index in [0.29, 0.717) is 22.5 Å². The maximum atomic E-state index is 12.9. The molecule has 0 saturated carbocycles. The molecule has 0 aliphatic rings. The molecule has 0 fully saturated rings. The Bertz CT molecular complexity index is 939. The third-order valence-electron chi connectivity index (χ3n) is 3.59. The lowest BCUT2D eigenvalue weighted by Gasteiger charge is -2.09. The average molecular weight is 352 g/mol. The molecule has 3 aromatic rings. The summed E-state index contributed by atoms with van der Waals surface area (Å²) >= 11 is 0. The number of halogens is 2. The van der Waals surface area contributed by atoms with Gasteiger partial charge in [0.05, 0.1) is 0 Å². The van der Waals surface area contributed by atoms with Crippen LogP contribution in [0.25, 0.3) is 0 Å². The molecule has 0 bridgehead atoms. The smallest absolute Gasteiger partial charge is 0.255 e. The van der Waals surface area contributed by atoms with Crippen molar-refractivity contribution < 1.29 is 18.4 Å². The fourth-order valence-electron chi connectivity index (χ4n) is 2.28. The van der Waals surface area contributed by atoms with Gasteiger partial charge in [0, 0.05) is 22.5 Å². The second kappa shape index (κ2) is 7.57. The molecule has 3 aromatic carbocycles. The molecule has 2 amide bonds. The number of carbonyl (C=O) groups is 2. The number of rotatable bonds is 4. The zero-order valence-electron chi connectivity index (χ0n) is 13.5. The van der Waals surface area contributed by atoms with Crippen LogP contribution >= 0.6 is 0 Å². The maximum absolute atomic E-state index is 12.9. The first-order valence-corrected chi connectivity index (χ1v) is 7.75. The average Bonchev–Trinajstić information content (AvgIpc) is 2.64. The van der Waals surface area contributed by atoms with Crippen LogP contribution in [-0.4, -0.2) is 11.8 Å². The highest BCUT2D eigenvalue weighted by atomic mass is 19.1. The SMILES string of the molecule is O=C(Nc1cccc(C(=O)Nc2ccc(F)cc2)c1)c1ccc(F)cc1. The van der Waals surface area contributed by atoms with Gasteiger partial charge in [-0.05, 0) is 66.7 Å². The maximum Gasteiger partial charge on any atom is 0.255 e. The molecule has 0 spiro atoms. The van der Waals surface area contributed by atoms with Crippen molar-refractivity contribution in [1.29, 1.82) is 0 Å². The van der Waals surface area contributed by atoms with Gasteiger partial charge in [-0.15, -0.1) is 0 Å². The van der Waals surface area contributed by atoms with E-state index in [-0.39, 0.29) is 0 Å². The van der Waals surface area contributed by atoms with Crippen molar-refractivity contribution in [2.75, 3.05) is 10.6 Å². The van der Waals surface area contributed by atoms with Gasteiger partial charge in [-0.25, -0.2) is 8.78 Å². The first-order valence-electron chi connectivity index (χ1n) is 7.75. The molecule has 6 heteroatoms. The zero-order valence-corrected chi connectivity index (χ0v) is 13.5. The number of hydrogen-bond acceptors (Lipinski definition) is 2. The zero-order chi connectivity index (χ0) is 18.5. The molecule has 0 atom stereocenters. The fourth-order valence-corrected chi connectivity index (χ4v) is 2.28. The molecule has 4 nitrogen and oxygen atoms in total. The van der Waals surface area contributed by atoms with Crippen LogP contribution < -0.4 is 10.6 Å². The van der Waals surface area contributed by atoms with Crippen LogP contribution in [0.5, 0.6) is 0 Å². The fraction of sp³-hybridized carbons (Fsp3) is 0. The van der Waals surface area contributed by atoms with E-state index in [1.165, 1.54) is 54.6 Å². The van der Waals surface area contributed by atoms with E-state index in [0.717, 1.165) is 0 Å². The Labute approximate surface area is 148 Å². The topological polar surface area (TPSA) is 58.2 Å². The lowest BCUT2D eigenvalue weighted by atomic mass is 10.1. The van der Waals surface area contributed by atoms with Gasteiger partial charge in [0.25, 0.3) is 11.8 Å². The molecular formula is C20H14F2N2O2. The predicted molar refractivity (Wildman–Crippen MR) is 95.1 cm³/mol. The molecule has 130 valence electrons. The Morgan fingerprint density at radius 1 is 0.615 bits per heavy atom. The third kappa shape index (κ3) is 4.30. The minimum atomic E-state index is -0.430. The monoisotopic (exact) mass is 352 g/mol. The van der Waals surface area contributed by atoms with Crippen molar-refractivity contribution in [3.05, 3.63) is 95.6 Å². The predicted octanol–water partition coefficient (Wildman–Crippen LogP) is 4.47. The van der Waals surface area contributed by atoms with Crippen LogP contribution in [-0.2, 0) is 0 Å². The second-order valence-electron chi connectivity index (χ2n) is 5.50. The van der Waals surface area contributed by atoms with E-state index in [1.54, 1.807) is 18.2 Å². The lowest BCUT2D eigenvalue weighted by Crippen LogP contribution is -2.14. The van der Waals surface area contributed by atoms with E-state index < -0.39 is 23.4 Å². The lowest BCUT2D eigenvalue weighted by molar-refractivity contribution is 0.101. The summed E-state index contributed by atoms with van der Waals surface area (Å²) in [5, 5.41) is 5.30. The van der Waals surface area contributed by atoms with Gasteiger partial charge >= 0.3 is 0 Å². The first kappa shape index (κ1) is 17.3. The van der Waals surface area contributed by atoms with Crippen molar-refractivity contribution in [1.82, 2.24) is 0 Å². The molecule has 0 aliphatic heterocycles. The minimum absolute atomic E-state index is 0.299. The summed E-state index contributed by atoms with van der Waals surface area (Å²) < 4.78 is 25.8. The highest BCUT2D eigenvalue weighted by Gasteiger charge is 2.10. The van der Waals surface area contributed by atoms with Crippen LogP contribution in [0.4, 0.5) is 20.2 Å². The van der Waals surface area contributed by atoms with Crippen molar-refractivity contribution in [3.63, 3.8) is 0 Å².